The molecule has 1 aromatic carbocycles. The zero-order chi connectivity index (χ0) is 18.9. The van der Waals surface area contributed by atoms with Crippen molar-refractivity contribution in [2.75, 3.05) is 27.2 Å². The fourth-order valence-corrected chi connectivity index (χ4v) is 4.39. The number of piperidine rings is 1. The van der Waals surface area contributed by atoms with Crippen LogP contribution in [0.2, 0.25) is 0 Å². The lowest BCUT2D eigenvalue weighted by Crippen LogP contribution is -2.50. The quantitative estimate of drug-likeness (QED) is 0.826. The summed E-state index contributed by atoms with van der Waals surface area (Å²) >= 11 is 0. The molecule has 5 heteroatoms. The van der Waals surface area contributed by atoms with E-state index in [1.54, 1.807) is 11.2 Å². The highest BCUT2D eigenvalue weighted by Crippen LogP contribution is 2.46. The van der Waals surface area contributed by atoms with Gasteiger partial charge in [0.25, 0.3) is 0 Å². The molecule has 5 nitrogen and oxygen atoms in total. The Balaban J connectivity index is 1.48. The summed E-state index contributed by atoms with van der Waals surface area (Å²) in [6.45, 7) is 2.93. The Bertz CT molecular complexity index is 777. The van der Waals surface area contributed by atoms with E-state index in [0.717, 1.165) is 44.6 Å². The van der Waals surface area contributed by atoms with Crippen LogP contribution in [0.4, 0.5) is 0 Å². The Labute approximate surface area is 160 Å². The number of amides is 1. The Morgan fingerprint density at radius 3 is 2.70 bits per heavy atom. The number of fused-ring (bicyclic) bond motifs is 1. The van der Waals surface area contributed by atoms with Gasteiger partial charge in [0, 0.05) is 51.6 Å². The minimum absolute atomic E-state index is 0.154. The fourth-order valence-electron chi connectivity index (χ4n) is 4.39. The summed E-state index contributed by atoms with van der Waals surface area (Å²) in [6.07, 6.45) is 7.00. The molecule has 0 radical (unpaired) electrons. The van der Waals surface area contributed by atoms with Crippen molar-refractivity contribution in [1.82, 2.24) is 9.80 Å². The maximum atomic E-state index is 12.4. The number of carbonyl (C=O) groups excluding carboxylic acids is 1. The zero-order valence-electron chi connectivity index (χ0n) is 16.2. The van der Waals surface area contributed by atoms with Gasteiger partial charge in [-0.1, -0.05) is 18.2 Å². The maximum Gasteiger partial charge on any atom is 0.222 e. The molecule has 4 rings (SSSR count). The molecule has 0 unspecified atom stereocenters. The highest BCUT2D eigenvalue weighted by atomic mass is 16.5. The first-order valence-corrected chi connectivity index (χ1v) is 9.76. The molecule has 144 valence electrons. The van der Waals surface area contributed by atoms with Crippen LogP contribution in [0, 0.1) is 0 Å². The Morgan fingerprint density at radius 2 is 2.00 bits per heavy atom. The van der Waals surface area contributed by atoms with E-state index in [0.29, 0.717) is 6.42 Å². The molecule has 1 fully saturated rings. The van der Waals surface area contributed by atoms with Gasteiger partial charge < -0.3 is 14.1 Å². The number of hydrogen-bond acceptors (Lipinski definition) is 4. The normalized spacial score (nSPS) is 21.5. The van der Waals surface area contributed by atoms with Gasteiger partial charge in [-0.2, -0.15) is 0 Å². The SMILES string of the molecule is CN(C)C(=O)C[C@@H]1CC2(CCN(Cc3ccoc3)CC2)Oc2ccccc21. The van der Waals surface area contributed by atoms with Crippen LogP contribution in [0.25, 0.3) is 0 Å². The van der Waals surface area contributed by atoms with Gasteiger partial charge in [0.1, 0.15) is 11.4 Å². The molecule has 0 bridgehead atoms. The van der Waals surface area contributed by atoms with E-state index in [4.69, 9.17) is 9.15 Å². The number of nitrogens with zero attached hydrogens (tertiary/aromatic N) is 2. The van der Waals surface area contributed by atoms with E-state index >= 15 is 0 Å². The molecule has 1 spiro atoms. The van der Waals surface area contributed by atoms with Crippen molar-refractivity contribution in [3.63, 3.8) is 0 Å². The number of likely N-dealkylation sites (tertiary alicyclic amines) is 1. The molecule has 0 N–H and O–H groups in total. The summed E-state index contributed by atoms with van der Waals surface area (Å²) < 4.78 is 11.7. The molecule has 2 aromatic rings. The van der Waals surface area contributed by atoms with Gasteiger partial charge in [0.05, 0.1) is 12.5 Å². The summed E-state index contributed by atoms with van der Waals surface area (Å²) in [6, 6.07) is 10.3. The van der Waals surface area contributed by atoms with E-state index in [1.807, 2.05) is 38.6 Å². The second kappa shape index (κ2) is 7.39. The predicted octanol–water partition coefficient (Wildman–Crippen LogP) is 3.66. The molecule has 0 saturated carbocycles. The Kier molecular flexibility index (Phi) is 4.96. The largest absolute Gasteiger partial charge is 0.487 e. The number of carbonyl (C=O) groups is 1. The number of hydrogen-bond donors (Lipinski definition) is 0. The van der Waals surface area contributed by atoms with E-state index < -0.39 is 0 Å². The van der Waals surface area contributed by atoms with E-state index in [2.05, 4.69) is 17.0 Å². The van der Waals surface area contributed by atoms with Gasteiger partial charge in [0.15, 0.2) is 0 Å². The summed E-state index contributed by atoms with van der Waals surface area (Å²) in [4.78, 5) is 16.5. The third-order valence-corrected chi connectivity index (χ3v) is 5.98. The van der Waals surface area contributed by atoms with Gasteiger partial charge in [-0.25, -0.2) is 0 Å². The average molecular weight is 368 g/mol. The summed E-state index contributed by atoms with van der Waals surface area (Å²) in [5.74, 6) is 1.37. The lowest BCUT2D eigenvalue weighted by Gasteiger charge is -2.47. The molecule has 1 saturated heterocycles. The molecule has 3 heterocycles. The highest BCUT2D eigenvalue weighted by Gasteiger charge is 2.43. The second-order valence-corrected chi connectivity index (χ2v) is 8.12. The van der Waals surface area contributed by atoms with Crippen LogP contribution in [-0.2, 0) is 11.3 Å². The van der Waals surface area contributed by atoms with Crippen LogP contribution in [-0.4, -0.2) is 48.5 Å². The minimum Gasteiger partial charge on any atom is -0.487 e. The number of rotatable bonds is 4. The van der Waals surface area contributed by atoms with Crippen LogP contribution in [0.5, 0.6) is 5.75 Å². The third kappa shape index (κ3) is 3.88. The standard InChI is InChI=1S/C22H28N2O3/c1-23(2)21(25)13-18-14-22(27-20-6-4-3-5-19(18)20)8-10-24(11-9-22)15-17-7-12-26-16-17/h3-7,12,16,18H,8-11,13-15H2,1-2H3/t18-/m1/s1. The molecule has 27 heavy (non-hydrogen) atoms. The van der Waals surface area contributed by atoms with Crippen molar-refractivity contribution < 1.29 is 13.9 Å². The number of furan rings is 1. The molecule has 2 aliphatic heterocycles. The third-order valence-electron chi connectivity index (χ3n) is 5.98. The first-order valence-electron chi connectivity index (χ1n) is 9.76. The topological polar surface area (TPSA) is 45.9 Å². The molecular weight excluding hydrogens is 340 g/mol. The van der Waals surface area contributed by atoms with Crippen molar-refractivity contribution in [1.29, 1.82) is 0 Å². The van der Waals surface area contributed by atoms with Gasteiger partial charge in [0.2, 0.25) is 5.91 Å². The lowest BCUT2D eigenvalue weighted by atomic mass is 9.76. The Hall–Kier alpha value is -2.27. The van der Waals surface area contributed by atoms with E-state index in [1.165, 1.54) is 11.1 Å². The van der Waals surface area contributed by atoms with Crippen LogP contribution in [0.3, 0.4) is 0 Å². The van der Waals surface area contributed by atoms with Gasteiger partial charge in [-0.15, -0.1) is 0 Å². The number of para-hydroxylation sites is 1. The fraction of sp³-hybridized carbons (Fsp3) is 0.500. The highest BCUT2D eigenvalue weighted by molar-refractivity contribution is 5.76. The van der Waals surface area contributed by atoms with Crippen molar-refractivity contribution >= 4 is 5.91 Å². The van der Waals surface area contributed by atoms with Crippen molar-refractivity contribution in [3.8, 4) is 5.75 Å². The smallest absolute Gasteiger partial charge is 0.222 e. The first kappa shape index (κ1) is 18.1. The van der Waals surface area contributed by atoms with Gasteiger partial charge in [-0.3, -0.25) is 9.69 Å². The van der Waals surface area contributed by atoms with Gasteiger partial charge >= 0.3 is 0 Å². The minimum atomic E-state index is -0.154. The summed E-state index contributed by atoms with van der Waals surface area (Å²) in [7, 11) is 3.66. The average Bonchev–Trinajstić information content (AvgIpc) is 3.17. The van der Waals surface area contributed by atoms with E-state index in [-0.39, 0.29) is 17.4 Å². The molecule has 2 aliphatic rings. The molecule has 0 aliphatic carbocycles. The molecule has 1 atom stereocenters. The number of benzene rings is 1. The van der Waals surface area contributed by atoms with Crippen LogP contribution in [0.15, 0.2) is 47.3 Å². The summed E-state index contributed by atoms with van der Waals surface area (Å²) in [5.41, 5.74) is 2.24. The first-order chi connectivity index (χ1) is 13.0. The van der Waals surface area contributed by atoms with Crippen molar-refractivity contribution in [2.24, 2.45) is 0 Å². The van der Waals surface area contributed by atoms with Crippen molar-refractivity contribution in [3.05, 3.63) is 54.0 Å². The lowest BCUT2D eigenvalue weighted by molar-refractivity contribution is -0.129. The van der Waals surface area contributed by atoms with Crippen LogP contribution >= 0.6 is 0 Å². The van der Waals surface area contributed by atoms with Crippen LogP contribution in [0.1, 0.15) is 42.7 Å². The molecule has 1 aromatic heterocycles. The molecular formula is C22H28N2O3. The van der Waals surface area contributed by atoms with Crippen molar-refractivity contribution in [2.45, 2.75) is 43.7 Å². The zero-order valence-corrected chi connectivity index (χ0v) is 16.2. The Morgan fingerprint density at radius 1 is 1.22 bits per heavy atom. The second-order valence-electron chi connectivity index (χ2n) is 8.12. The predicted molar refractivity (Wildman–Crippen MR) is 104 cm³/mol. The van der Waals surface area contributed by atoms with Gasteiger partial charge in [-0.05, 0) is 37.0 Å². The molecule has 1 amide bonds. The van der Waals surface area contributed by atoms with Crippen LogP contribution < -0.4 is 4.74 Å². The van der Waals surface area contributed by atoms with E-state index in [9.17, 15) is 4.79 Å². The summed E-state index contributed by atoms with van der Waals surface area (Å²) in [5, 5.41) is 0. The monoisotopic (exact) mass is 368 g/mol. The maximum absolute atomic E-state index is 12.4. The number of ether oxygens (including phenoxy) is 1.